The van der Waals surface area contributed by atoms with E-state index in [0.29, 0.717) is 35.9 Å². The van der Waals surface area contributed by atoms with Crippen LogP contribution in [-0.2, 0) is 22.4 Å². The number of hydrogen-bond donors (Lipinski definition) is 0. The van der Waals surface area contributed by atoms with Crippen molar-refractivity contribution >= 4 is 11.8 Å². The van der Waals surface area contributed by atoms with Crippen molar-refractivity contribution in [3.05, 3.63) is 23.2 Å². The Balaban J connectivity index is 1.45. The van der Waals surface area contributed by atoms with Crippen molar-refractivity contribution in [3.8, 4) is 12.3 Å². The van der Waals surface area contributed by atoms with Crippen molar-refractivity contribution in [2.24, 2.45) is 34.5 Å². The molecule has 32 heavy (non-hydrogen) atoms. The Kier molecular flexibility index (Phi) is 4.93. The quantitative estimate of drug-likeness (QED) is 0.343. The predicted octanol–water partition coefficient (Wildman–Crippen LogP) is 5.76. The monoisotopic (exact) mass is 436 g/mol. The summed E-state index contributed by atoms with van der Waals surface area (Å²) in [6.45, 7) is 8.15. The minimum atomic E-state index is -0.758. The van der Waals surface area contributed by atoms with E-state index in [2.05, 4.69) is 19.8 Å². The van der Waals surface area contributed by atoms with E-state index in [0.717, 1.165) is 44.3 Å². The van der Waals surface area contributed by atoms with E-state index in [1.54, 1.807) is 0 Å². The maximum absolute atomic E-state index is 12.2. The fourth-order valence-corrected chi connectivity index (χ4v) is 8.56. The summed E-state index contributed by atoms with van der Waals surface area (Å²) in [7, 11) is 0. The highest BCUT2D eigenvalue weighted by molar-refractivity contribution is 5.93. The first-order chi connectivity index (χ1) is 15.2. The van der Waals surface area contributed by atoms with Crippen molar-refractivity contribution in [2.75, 3.05) is 0 Å². The lowest BCUT2D eigenvalue weighted by Gasteiger charge is -2.60. The van der Waals surface area contributed by atoms with Crippen molar-refractivity contribution in [1.29, 1.82) is 0 Å². The van der Waals surface area contributed by atoms with Crippen LogP contribution in [0.1, 0.15) is 94.5 Å². The average Bonchev–Trinajstić information content (AvgIpc) is 3.29. The van der Waals surface area contributed by atoms with Crippen LogP contribution < -0.4 is 0 Å². The van der Waals surface area contributed by atoms with Crippen LogP contribution in [0.15, 0.2) is 10.5 Å². The number of fused-ring (bicyclic) bond motifs is 6. The van der Waals surface area contributed by atoms with Gasteiger partial charge in [0.05, 0.1) is 0 Å². The molecule has 0 aromatic carbocycles. The number of furan rings is 1. The number of ketones is 1. The van der Waals surface area contributed by atoms with Crippen LogP contribution in [-0.4, -0.2) is 17.4 Å². The Morgan fingerprint density at radius 1 is 1.19 bits per heavy atom. The smallest absolute Gasteiger partial charge is 0.304 e. The molecule has 172 valence electrons. The number of rotatable bonds is 3. The summed E-state index contributed by atoms with van der Waals surface area (Å²) in [5.74, 6) is 6.73. The molecule has 1 aromatic heterocycles. The maximum atomic E-state index is 12.2. The van der Waals surface area contributed by atoms with Gasteiger partial charge in [-0.15, -0.1) is 6.42 Å². The van der Waals surface area contributed by atoms with E-state index < -0.39 is 5.60 Å². The Labute approximate surface area is 191 Å². The fourth-order valence-electron chi connectivity index (χ4n) is 8.56. The van der Waals surface area contributed by atoms with E-state index in [4.69, 9.17) is 15.6 Å². The van der Waals surface area contributed by atoms with Gasteiger partial charge in [0.1, 0.15) is 5.76 Å². The average molecular weight is 437 g/mol. The molecule has 0 spiro atoms. The van der Waals surface area contributed by atoms with Gasteiger partial charge in [-0.1, -0.05) is 26.7 Å². The van der Waals surface area contributed by atoms with Crippen LogP contribution in [0.2, 0.25) is 0 Å². The molecular weight excluding hydrogens is 400 g/mol. The molecule has 0 bridgehead atoms. The zero-order valence-electron chi connectivity index (χ0n) is 20.0. The predicted molar refractivity (Wildman–Crippen MR) is 122 cm³/mol. The number of esters is 1. The lowest BCUT2D eigenvalue weighted by molar-refractivity contribution is -0.172. The third-order valence-electron chi connectivity index (χ3n) is 10.2. The summed E-state index contributed by atoms with van der Waals surface area (Å²) in [6.07, 6.45) is 14.8. The number of Topliss-reactive ketones (excluding diaryl/α,β-unsaturated/α-hetero) is 1. The summed E-state index contributed by atoms with van der Waals surface area (Å²) in [4.78, 5) is 24.2. The van der Waals surface area contributed by atoms with Crippen molar-refractivity contribution in [2.45, 2.75) is 91.1 Å². The molecule has 0 radical (unpaired) electrons. The van der Waals surface area contributed by atoms with E-state index in [1.807, 2.05) is 13.0 Å². The SMILES string of the molecule is C#C[C@]1(OC(C)=O)CC[C@H]2[C@@H]3CC[C@H]4Cc5oc(C(=O)CC)cc5C[C@]4(C)[C@H]3CC[C@@]21C. The number of terminal acetylenes is 1. The largest absolute Gasteiger partial charge is 0.458 e. The topological polar surface area (TPSA) is 56.5 Å². The third-order valence-corrected chi connectivity index (χ3v) is 10.2. The lowest BCUT2D eigenvalue weighted by atomic mass is 9.44. The summed E-state index contributed by atoms with van der Waals surface area (Å²) in [5.41, 5.74) is 0.565. The molecule has 4 aliphatic rings. The van der Waals surface area contributed by atoms with Crippen molar-refractivity contribution in [1.82, 2.24) is 0 Å². The Hall–Kier alpha value is -2.02. The second-order valence-electron chi connectivity index (χ2n) is 11.4. The minimum absolute atomic E-state index is 0.0980. The molecule has 3 fully saturated rings. The Bertz CT molecular complexity index is 998. The summed E-state index contributed by atoms with van der Waals surface area (Å²) in [5, 5.41) is 0. The van der Waals surface area contributed by atoms with Crippen LogP contribution in [0.3, 0.4) is 0 Å². The first-order valence-corrected chi connectivity index (χ1v) is 12.5. The second-order valence-corrected chi connectivity index (χ2v) is 11.4. The van der Waals surface area contributed by atoms with Gasteiger partial charge in [-0.25, -0.2) is 0 Å². The van der Waals surface area contributed by atoms with Crippen LogP contribution in [0.4, 0.5) is 0 Å². The Morgan fingerprint density at radius 2 is 1.94 bits per heavy atom. The number of carbonyl (C=O) groups is 2. The summed E-state index contributed by atoms with van der Waals surface area (Å²) >= 11 is 0. The van der Waals surface area contributed by atoms with Gasteiger partial charge in [-0.2, -0.15) is 0 Å². The molecule has 0 unspecified atom stereocenters. The van der Waals surface area contributed by atoms with E-state index in [1.165, 1.54) is 25.3 Å². The van der Waals surface area contributed by atoms with E-state index in [-0.39, 0.29) is 22.6 Å². The number of carbonyl (C=O) groups excluding carboxylic acids is 2. The first kappa shape index (κ1) is 21.8. The first-order valence-electron chi connectivity index (χ1n) is 12.5. The molecule has 0 N–H and O–H groups in total. The third kappa shape index (κ3) is 2.82. The van der Waals surface area contributed by atoms with Gasteiger partial charge in [-0.05, 0) is 85.7 Å². The standard InChI is InChI=1S/C28H36O4/c1-6-23(30)25-14-18-16-26(4)19(15-24(18)31-25)8-9-20-21(26)10-12-27(5)22(20)11-13-28(27,7-2)32-17(3)29/h2,14,19-22H,6,8-13,15-16H2,1,3-5H3/t19-,20+,21-,22-,26-,27-,28-/m0/s1. The maximum Gasteiger partial charge on any atom is 0.304 e. The second kappa shape index (κ2) is 7.24. The molecule has 1 aromatic rings. The van der Waals surface area contributed by atoms with Crippen molar-refractivity contribution < 1.29 is 18.7 Å². The van der Waals surface area contributed by atoms with Gasteiger partial charge >= 0.3 is 5.97 Å². The van der Waals surface area contributed by atoms with E-state index >= 15 is 0 Å². The van der Waals surface area contributed by atoms with Gasteiger partial charge in [0, 0.05) is 25.2 Å². The Morgan fingerprint density at radius 3 is 2.62 bits per heavy atom. The highest BCUT2D eigenvalue weighted by Gasteiger charge is 2.66. The number of ether oxygens (including phenoxy) is 1. The van der Waals surface area contributed by atoms with Crippen LogP contribution in [0.25, 0.3) is 0 Å². The molecular formula is C28H36O4. The van der Waals surface area contributed by atoms with Crippen LogP contribution in [0.5, 0.6) is 0 Å². The lowest BCUT2D eigenvalue weighted by Crippen LogP contribution is -2.57. The molecule has 0 aliphatic heterocycles. The minimum Gasteiger partial charge on any atom is -0.458 e. The summed E-state index contributed by atoms with van der Waals surface area (Å²) < 4.78 is 11.9. The molecule has 5 rings (SSSR count). The van der Waals surface area contributed by atoms with Gasteiger partial charge in [0.25, 0.3) is 0 Å². The van der Waals surface area contributed by atoms with E-state index in [9.17, 15) is 9.59 Å². The van der Waals surface area contributed by atoms with Crippen LogP contribution >= 0.6 is 0 Å². The van der Waals surface area contributed by atoms with Crippen LogP contribution in [0, 0.1) is 46.8 Å². The molecule has 0 amide bonds. The van der Waals surface area contributed by atoms with Gasteiger partial charge in [0.15, 0.2) is 17.1 Å². The van der Waals surface area contributed by atoms with Gasteiger partial charge in [-0.3, -0.25) is 9.59 Å². The molecule has 4 heteroatoms. The van der Waals surface area contributed by atoms with Gasteiger partial charge < -0.3 is 9.15 Å². The molecule has 7 atom stereocenters. The zero-order valence-corrected chi connectivity index (χ0v) is 20.0. The molecule has 0 saturated heterocycles. The highest BCUT2D eigenvalue weighted by atomic mass is 16.6. The fraction of sp³-hybridized carbons (Fsp3) is 0.714. The highest BCUT2D eigenvalue weighted by Crippen LogP contribution is 2.68. The summed E-state index contributed by atoms with van der Waals surface area (Å²) in [6, 6.07) is 2.03. The molecule has 4 nitrogen and oxygen atoms in total. The van der Waals surface area contributed by atoms with Gasteiger partial charge in [0.2, 0.25) is 0 Å². The zero-order chi connectivity index (χ0) is 22.9. The van der Waals surface area contributed by atoms with Crippen molar-refractivity contribution in [3.63, 3.8) is 0 Å². The molecule has 3 saturated carbocycles. The molecule has 4 aliphatic carbocycles. The molecule has 1 heterocycles. The number of hydrogen-bond acceptors (Lipinski definition) is 4. The normalized spacial score (nSPS) is 42.1.